The molecular formula is C19H15BrN2O3. The first-order chi connectivity index (χ1) is 12.1. The highest BCUT2D eigenvalue weighted by Gasteiger charge is 2.37. The number of fused-ring (bicyclic) bond motifs is 3. The number of carbonyl (C=O) groups excluding carboxylic acids is 1. The van der Waals surface area contributed by atoms with Crippen LogP contribution in [0.1, 0.15) is 21.6 Å². The zero-order chi connectivity index (χ0) is 17.6. The van der Waals surface area contributed by atoms with E-state index >= 15 is 0 Å². The van der Waals surface area contributed by atoms with Gasteiger partial charge < -0.3 is 15.0 Å². The molecule has 1 aliphatic rings. The minimum atomic E-state index is -0.990. The van der Waals surface area contributed by atoms with Crippen molar-refractivity contribution in [2.75, 3.05) is 0 Å². The van der Waals surface area contributed by atoms with E-state index in [4.69, 9.17) is 0 Å². The number of aliphatic carboxylic acids is 1. The van der Waals surface area contributed by atoms with Crippen molar-refractivity contribution in [2.24, 2.45) is 0 Å². The van der Waals surface area contributed by atoms with Gasteiger partial charge in [0.2, 0.25) is 0 Å². The standard InChI is InChI=1S/C19H15BrN2O3/c20-14-7-3-1-6-12(14)18(23)22-10-16-13(9-17(22)19(24)25)11-5-2-4-8-15(11)21-16/h1-8,17,21H,9-10H2,(H,24,25). The summed E-state index contributed by atoms with van der Waals surface area (Å²) in [6.45, 7) is 0.251. The van der Waals surface area contributed by atoms with Gasteiger partial charge in [0.1, 0.15) is 6.04 Å². The van der Waals surface area contributed by atoms with Crippen LogP contribution in [0.2, 0.25) is 0 Å². The van der Waals surface area contributed by atoms with Crippen molar-refractivity contribution >= 4 is 38.7 Å². The van der Waals surface area contributed by atoms with Crippen LogP contribution < -0.4 is 0 Å². The summed E-state index contributed by atoms with van der Waals surface area (Å²) in [4.78, 5) is 29.6. The van der Waals surface area contributed by atoms with E-state index in [0.29, 0.717) is 16.5 Å². The summed E-state index contributed by atoms with van der Waals surface area (Å²) in [6, 6.07) is 14.0. The lowest BCUT2D eigenvalue weighted by atomic mass is 9.96. The van der Waals surface area contributed by atoms with Crippen molar-refractivity contribution in [3.63, 3.8) is 0 Å². The Morgan fingerprint density at radius 1 is 1.12 bits per heavy atom. The van der Waals surface area contributed by atoms with Crippen molar-refractivity contribution in [3.8, 4) is 0 Å². The van der Waals surface area contributed by atoms with Crippen LogP contribution in [0.4, 0.5) is 0 Å². The Kier molecular flexibility index (Phi) is 3.84. The lowest BCUT2D eigenvalue weighted by Crippen LogP contribution is -2.48. The van der Waals surface area contributed by atoms with E-state index in [0.717, 1.165) is 22.2 Å². The molecule has 1 atom stereocenters. The summed E-state index contributed by atoms with van der Waals surface area (Å²) in [5.41, 5.74) is 3.32. The predicted molar refractivity (Wildman–Crippen MR) is 97.4 cm³/mol. The minimum absolute atomic E-state index is 0.251. The molecule has 1 amide bonds. The molecule has 25 heavy (non-hydrogen) atoms. The predicted octanol–water partition coefficient (Wildman–Crippen LogP) is 3.58. The number of H-pyrrole nitrogens is 1. The number of hydrogen-bond donors (Lipinski definition) is 2. The molecule has 0 radical (unpaired) electrons. The quantitative estimate of drug-likeness (QED) is 0.692. The summed E-state index contributed by atoms with van der Waals surface area (Å²) < 4.78 is 0.659. The summed E-state index contributed by atoms with van der Waals surface area (Å²) >= 11 is 3.38. The van der Waals surface area contributed by atoms with Crippen LogP contribution in [0.25, 0.3) is 10.9 Å². The maximum absolute atomic E-state index is 13.0. The Hall–Kier alpha value is -2.60. The number of aromatic nitrogens is 1. The Morgan fingerprint density at radius 3 is 2.60 bits per heavy atom. The van der Waals surface area contributed by atoms with Crippen LogP contribution in [0.3, 0.4) is 0 Å². The minimum Gasteiger partial charge on any atom is -0.480 e. The molecule has 5 nitrogen and oxygen atoms in total. The highest BCUT2D eigenvalue weighted by Crippen LogP contribution is 2.32. The highest BCUT2D eigenvalue weighted by atomic mass is 79.9. The van der Waals surface area contributed by atoms with Gasteiger partial charge in [0.25, 0.3) is 5.91 Å². The van der Waals surface area contributed by atoms with Gasteiger partial charge in [-0.05, 0) is 39.7 Å². The Balaban J connectivity index is 1.78. The third-order valence-electron chi connectivity index (χ3n) is 4.65. The first kappa shape index (κ1) is 15.9. The number of halogens is 1. The van der Waals surface area contributed by atoms with E-state index in [1.165, 1.54) is 4.90 Å². The molecule has 2 heterocycles. The zero-order valence-electron chi connectivity index (χ0n) is 13.2. The number of para-hydroxylation sites is 1. The molecule has 1 aliphatic heterocycles. The molecule has 1 unspecified atom stereocenters. The molecule has 4 rings (SSSR count). The highest BCUT2D eigenvalue weighted by molar-refractivity contribution is 9.10. The number of nitrogens with zero attached hydrogens (tertiary/aromatic N) is 1. The van der Waals surface area contributed by atoms with Gasteiger partial charge >= 0.3 is 5.97 Å². The van der Waals surface area contributed by atoms with Crippen LogP contribution >= 0.6 is 15.9 Å². The molecule has 2 N–H and O–H groups in total. The van der Waals surface area contributed by atoms with Crippen LogP contribution in [-0.2, 0) is 17.8 Å². The van der Waals surface area contributed by atoms with Crippen LogP contribution in [0, 0.1) is 0 Å². The van der Waals surface area contributed by atoms with E-state index < -0.39 is 12.0 Å². The molecule has 0 bridgehead atoms. The van der Waals surface area contributed by atoms with Gasteiger partial charge in [-0.3, -0.25) is 4.79 Å². The molecule has 126 valence electrons. The molecule has 0 saturated heterocycles. The SMILES string of the molecule is O=C(O)C1Cc2c([nH]c3ccccc23)CN1C(=O)c1ccccc1Br. The second-order valence-corrected chi connectivity index (χ2v) is 6.95. The molecular weight excluding hydrogens is 384 g/mol. The number of carboxylic acid groups (broad SMARTS) is 1. The summed E-state index contributed by atoms with van der Waals surface area (Å²) in [5.74, 6) is -1.28. The van der Waals surface area contributed by atoms with Crippen LogP contribution in [-0.4, -0.2) is 32.9 Å². The van der Waals surface area contributed by atoms with Crippen molar-refractivity contribution in [1.82, 2.24) is 9.88 Å². The average Bonchev–Trinajstić information content (AvgIpc) is 2.98. The lowest BCUT2D eigenvalue weighted by Gasteiger charge is -2.33. The van der Waals surface area contributed by atoms with E-state index in [1.807, 2.05) is 30.3 Å². The first-order valence-electron chi connectivity index (χ1n) is 7.93. The topological polar surface area (TPSA) is 73.4 Å². The smallest absolute Gasteiger partial charge is 0.326 e. The van der Waals surface area contributed by atoms with E-state index in [1.54, 1.807) is 18.2 Å². The largest absolute Gasteiger partial charge is 0.480 e. The van der Waals surface area contributed by atoms with E-state index in [9.17, 15) is 14.7 Å². The van der Waals surface area contributed by atoms with Gasteiger partial charge in [-0.25, -0.2) is 4.79 Å². The van der Waals surface area contributed by atoms with Gasteiger partial charge in [0, 0.05) is 27.5 Å². The molecule has 3 aromatic rings. The Labute approximate surface area is 152 Å². The fourth-order valence-corrected chi connectivity index (χ4v) is 3.89. The van der Waals surface area contributed by atoms with Crippen molar-refractivity contribution in [2.45, 2.75) is 19.0 Å². The van der Waals surface area contributed by atoms with Gasteiger partial charge in [0.05, 0.1) is 12.1 Å². The third-order valence-corrected chi connectivity index (χ3v) is 5.35. The molecule has 1 aromatic heterocycles. The zero-order valence-corrected chi connectivity index (χ0v) is 14.8. The summed E-state index contributed by atoms with van der Waals surface area (Å²) in [7, 11) is 0. The number of carbonyl (C=O) groups is 2. The molecule has 0 spiro atoms. The molecule has 6 heteroatoms. The lowest BCUT2D eigenvalue weighted by molar-refractivity contribution is -0.142. The number of benzene rings is 2. The van der Waals surface area contributed by atoms with Crippen molar-refractivity contribution in [1.29, 1.82) is 0 Å². The number of rotatable bonds is 2. The second kappa shape index (κ2) is 6.04. The first-order valence-corrected chi connectivity index (χ1v) is 8.72. The Bertz CT molecular complexity index is 995. The third kappa shape index (κ3) is 2.62. The van der Waals surface area contributed by atoms with Gasteiger partial charge in [-0.15, -0.1) is 0 Å². The van der Waals surface area contributed by atoms with E-state index in [-0.39, 0.29) is 12.5 Å². The molecule has 0 fully saturated rings. The normalized spacial score (nSPS) is 16.7. The molecule has 0 saturated carbocycles. The number of nitrogens with one attached hydrogen (secondary N) is 1. The Morgan fingerprint density at radius 2 is 1.84 bits per heavy atom. The van der Waals surface area contributed by atoms with Gasteiger partial charge in [0.15, 0.2) is 0 Å². The maximum Gasteiger partial charge on any atom is 0.326 e. The molecule has 2 aromatic carbocycles. The number of aromatic amines is 1. The van der Waals surface area contributed by atoms with Crippen LogP contribution in [0.15, 0.2) is 53.0 Å². The monoisotopic (exact) mass is 398 g/mol. The summed E-state index contributed by atoms with van der Waals surface area (Å²) in [5, 5.41) is 10.7. The van der Waals surface area contributed by atoms with Crippen molar-refractivity contribution in [3.05, 3.63) is 69.8 Å². The van der Waals surface area contributed by atoms with E-state index in [2.05, 4.69) is 20.9 Å². The second-order valence-electron chi connectivity index (χ2n) is 6.10. The maximum atomic E-state index is 13.0. The number of hydrogen-bond acceptors (Lipinski definition) is 2. The fourth-order valence-electron chi connectivity index (χ4n) is 3.43. The summed E-state index contributed by atoms with van der Waals surface area (Å²) in [6.07, 6.45) is 0.297. The molecule has 0 aliphatic carbocycles. The van der Waals surface area contributed by atoms with Crippen LogP contribution in [0.5, 0.6) is 0 Å². The fraction of sp³-hybridized carbons (Fsp3) is 0.158. The average molecular weight is 399 g/mol. The van der Waals surface area contributed by atoms with Crippen molar-refractivity contribution < 1.29 is 14.7 Å². The van der Waals surface area contributed by atoms with Gasteiger partial charge in [-0.1, -0.05) is 30.3 Å². The number of carboxylic acids is 1. The number of amides is 1. The van der Waals surface area contributed by atoms with Gasteiger partial charge in [-0.2, -0.15) is 0 Å².